The molecule has 0 radical (unpaired) electrons. The fourth-order valence-corrected chi connectivity index (χ4v) is 5.62. The third-order valence-electron chi connectivity index (χ3n) is 8.10. The van der Waals surface area contributed by atoms with Gasteiger partial charge in [-0.15, -0.1) is 0 Å². The lowest BCUT2D eigenvalue weighted by Gasteiger charge is -2.28. The molecule has 0 bridgehead atoms. The van der Waals surface area contributed by atoms with Crippen molar-refractivity contribution in [3.05, 3.63) is 112 Å². The summed E-state index contributed by atoms with van der Waals surface area (Å²) in [4.78, 5) is 20.5. The lowest BCUT2D eigenvalue weighted by Crippen LogP contribution is -2.27. The number of aromatic carboxylic acids is 1. The van der Waals surface area contributed by atoms with Crippen LogP contribution in [-0.4, -0.2) is 38.8 Å². The SMILES string of the molecule is CC1(C)COCC1n1c(Cc2cc(F)c(-c3cccc(OCc4ccc(C#N)cc4F)n3)cc2F)nc2ccc(C(=O)O)c(F)c21. The van der Waals surface area contributed by atoms with E-state index < -0.39 is 46.3 Å². The minimum absolute atomic E-state index is 0.0436. The molecule has 3 heterocycles. The predicted molar refractivity (Wildman–Crippen MR) is 158 cm³/mol. The van der Waals surface area contributed by atoms with Crippen molar-refractivity contribution in [1.29, 1.82) is 5.26 Å². The number of carbonyl (C=O) groups is 1. The zero-order valence-corrected chi connectivity index (χ0v) is 24.7. The number of nitrogens with zero attached hydrogens (tertiary/aromatic N) is 4. The van der Waals surface area contributed by atoms with E-state index in [1.807, 2.05) is 19.9 Å². The van der Waals surface area contributed by atoms with Gasteiger partial charge < -0.3 is 19.1 Å². The van der Waals surface area contributed by atoms with Crippen molar-refractivity contribution in [3.63, 3.8) is 0 Å². The first-order valence-corrected chi connectivity index (χ1v) is 14.2. The summed E-state index contributed by atoms with van der Waals surface area (Å²) in [6, 6.07) is 14.4. The number of carboxylic acid groups (broad SMARTS) is 1. The monoisotopic (exact) mass is 630 g/mol. The first kappa shape index (κ1) is 30.7. The molecule has 1 saturated heterocycles. The van der Waals surface area contributed by atoms with Gasteiger partial charge in [0.25, 0.3) is 0 Å². The minimum Gasteiger partial charge on any atom is -0.478 e. The quantitative estimate of drug-likeness (QED) is 0.184. The lowest BCUT2D eigenvalue weighted by atomic mass is 9.87. The van der Waals surface area contributed by atoms with E-state index in [9.17, 15) is 14.3 Å². The second-order valence-electron chi connectivity index (χ2n) is 11.7. The molecule has 234 valence electrons. The summed E-state index contributed by atoms with van der Waals surface area (Å²) in [5.41, 5.74) is -0.671. The molecule has 1 unspecified atom stereocenters. The summed E-state index contributed by atoms with van der Waals surface area (Å²) in [6.07, 6.45) is -0.223. The Morgan fingerprint density at radius 2 is 1.83 bits per heavy atom. The van der Waals surface area contributed by atoms with Crippen LogP contribution >= 0.6 is 0 Å². The van der Waals surface area contributed by atoms with Gasteiger partial charge in [0.05, 0.1) is 47.7 Å². The summed E-state index contributed by atoms with van der Waals surface area (Å²) in [5, 5.41) is 18.4. The number of aromatic nitrogens is 3. The molecule has 46 heavy (non-hydrogen) atoms. The molecule has 0 saturated carbocycles. The van der Waals surface area contributed by atoms with Gasteiger partial charge in [-0.2, -0.15) is 5.26 Å². The lowest BCUT2D eigenvalue weighted by molar-refractivity contribution is 0.0692. The van der Waals surface area contributed by atoms with Crippen molar-refractivity contribution in [2.24, 2.45) is 5.41 Å². The van der Waals surface area contributed by atoms with Crippen LogP contribution in [0.3, 0.4) is 0 Å². The van der Waals surface area contributed by atoms with Crippen LogP contribution in [0, 0.1) is 40.0 Å². The molecule has 6 rings (SSSR count). The van der Waals surface area contributed by atoms with E-state index in [0.29, 0.717) is 6.61 Å². The van der Waals surface area contributed by atoms with Gasteiger partial charge in [0.1, 0.15) is 35.4 Å². The van der Waals surface area contributed by atoms with Crippen molar-refractivity contribution in [1.82, 2.24) is 14.5 Å². The standard InChI is InChI=1S/C34H26F4N4O4/c1-34(2)17-45-16-28(34)42-29(40-27-9-8-21(33(43)44)31(38)32(27)42)12-20-11-25(37)22(13-24(20)36)26-4-3-5-30(41-26)46-15-19-7-6-18(14-39)10-23(19)35/h3-11,13,28H,12,15-17H2,1-2H3,(H,43,44). The van der Waals surface area contributed by atoms with Gasteiger partial charge in [-0.05, 0) is 48.0 Å². The molecule has 3 aromatic carbocycles. The Morgan fingerprint density at radius 1 is 1.04 bits per heavy atom. The van der Waals surface area contributed by atoms with Crippen LogP contribution in [-0.2, 0) is 17.8 Å². The van der Waals surface area contributed by atoms with Crippen molar-refractivity contribution in [2.75, 3.05) is 13.2 Å². The third-order valence-corrected chi connectivity index (χ3v) is 8.10. The summed E-state index contributed by atoms with van der Waals surface area (Å²) >= 11 is 0. The summed E-state index contributed by atoms with van der Waals surface area (Å²) in [7, 11) is 0. The number of imidazole rings is 1. The number of rotatable bonds is 8. The first-order valence-electron chi connectivity index (χ1n) is 14.2. The Hall–Kier alpha value is -5.28. The highest BCUT2D eigenvalue weighted by atomic mass is 19.1. The number of fused-ring (bicyclic) bond motifs is 1. The largest absolute Gasteiger partial charge is 0.478 e. The van der Waals surface area contributed by atoms with Crippen LogP contribution in [0.25, 0.3) is 22.3 Å². The molecule has 1 aliphatic rings. The average Bonchev–Trinajstić information content (AvgIpc) is 3.56. The van der Waals surface area contributed by atoms with E-state index in [4.69, 9.17) is 14.7 Å². The predicted octanol–water partition coefficient (Wildman–Crippen LogP) is 6.99. The zero-order valence-electron chi connectivity index (χ0n) is 24.7. The molecule has 1 atom stereocenters. The van der Waals surface area contributed by atoms with Crippen LogP contribution in [0.4, 0.5) is 17.6 Å². The number of hydrogen-bond donors (Lipinski definition) is 1. The first-order chi connectivity index (χ1) is 22.0. The number of carboxylic acids is 1. The minimum atomic E-state index is -1.44. The van der Waals surface area contributed by atoms with E-state index in [1.165, 1.54) is 36.4 Å². The molecule has 1 N–H and O–H groups in total. The Bertz CT molecular complexity index is 2050. The molecule has 1 fully saturated rings. The molecular weight excluding hydrogens is 604 g/mol. The Kier molecular flexibility index (Phi) is 7.96. The van der Waals surface area contributed by atoms with Crippen molar-refractivity contribution in [3.8, 4) is 23.2 Å². The molecular formula is C34H26F4N4O4. The van der Waals surface area contributed by atoms with Crippen LogP contribution in [0.2, 0.25) is 0 Å². The molecule has 12 heteroatoms. The van der Waals surface area contributed by atoms with Gasteiger partial charge in [-0.1, -0.05) is 26.0 Å². The number of nitriles is 1. The van der Waals surface area contributed by atoms with E-state index in [-0.39, 0.29) is 70.3 Å². The molecule has 5 aromatic rings. The average molecular weight is 631 g/mol. The molecule has 2 aromatic heterocycles. The second kappa shape index (κ2) is 11.9. The number of hydrogen-bond acceptors (Lipinski definition) is 6. The Morgan fingerprint density at radius 3 is 2.52 bits per heavy atom. The normalized spacial score (nSPS) is 15.6. The van der Waals surface area contributed by atoms with Crippen molar-refractivity contribution < 1.29 is 36.9 Å². The smallest absolute Gasteiger partial charge is 0.338 e. The summed E-state index contributed by atoms with van der Waals surface area (Å²) in [6.45, 7) is 4.18. The highest BCUT2D eigenvalue weighted by molar-refractivity contribution is 5.93. The van der Waals surface area contributed by atoms with Gasteiger partial charge in [-0.25, -0.2) is 32.3 Å². The zero-order chi connectivity index (χ0) is 32.7. The topological polar surface area (TPSA) is 110 Å². The van der Waals surface area contributed by atoms with Gasteiger partial charge in [0.15, 0.2) is 5.82 Å². The van der Waals surface area contributed by atoms with Crippen LogP contribution in [0.1, 0.15) is 52.8 Å². The maximum atomic E-state index is 15.6. The maximum absolute atomic E-state index is 15.6. The molecule has 1 aliphatic heterocycles. The van der Waals surface area contributed by atoms with Gasteiger partial charge in [0.2, 0.25) is 5.88 Å². The molecule has 0 aliphatic carbocycles. The number of pyridine rings is 1. The maximum Gasteiger partial charge on any atom is 0.338 e. The van der Waals surface area contributed by atoms with E-state index >= 15 is 13.2 Å². The fraction of sp³-hybridized carbons (Fsp3) is 0.235. The van der Waals surface area contributed by atoms with Crippen molar-refractivity contribution >= 4 is 17.0 Å². The van der Waals surface area contributed by atoms with Gasteiger partial charge >= 0.3 is 5.97 Å². The van der Waals surface area contributed by atoms with Gasteiger partial charge in [0, 0.05) is 29.0 Å². The number of ether oxygens (including phenoxy) is 2. The number of halogens is 4. The van der Waals surface area contributed by atoms with Gasteiger partial charge in [-0.3, -0.25) is 0 Å². The van der Waals surface area contributed by atoms with E-state index in [1.54, 1.807) is 4.57 Å². The highest BCUT2D eigenvalue weighted by Gasteiger charge is 2.40. The highest BCUT2D eigenvalue weighted by Crippen LogP contribution is 2.41. The van der Waals surface area contributed by atoms with E-state index in [2.05, 4.69) is 9.97 Å². The van der Waals surface area contributed by atoms with E-state index in [0.717, 1.165) is 24.3 Å². The molecule has 0 spiro atoms. The Balaban J connectivity index is 1.32. The van der Waals surface area contributed by atoms with Crippen molar-refractivity contribution in [2.45, 2.75) is 32.9 Å². The fourth-order valence-electron chi connectivity index (χ4n) is 5.62. The number of benzene rings is 3. The summed E-state index contributed by atoms with van der Waals surface area (Å²) in [5.74, 6) is -4.33. The van der Waals surface area contributed by atoms with Crippen LogP contribution in [0.5, 0.6) is 5.88 Å². The molecule has 8 nitrogen and oxygen atoms in total. The van der Waals surface area contributed by atoms with Crippen LogP contribution < -0.4 is 4.74 Å². The Labute approximate surface area is 260 Å². The summed E-state index contributed by atoms with van der Waals surface area (Å²) < 4.78 is 73.9. The van der Waals surface area contributed by atoms with Crippen LogP contribution in [0.15, 0.2) is 60.7 Å². The second-order valence-corrected chi connectivity index (χ2v) is 11.7. The molecule has 0 amide bonds. The third kappa shape index (κ3) is 5.65.